The van der Waals surface area contributed by atoms with E-state index in [1.54, 1.807) is 6.92 Å². The summed E-state index contributed by atoms with van der Waals surface area (Å²) in [6.07, 6.45) is 2.91. The van der Waals surface area contributed by atoms with Crippen LogP contribution in [0, 0.1) is 6.92 Å². The molecule has 2 atom stereocenters. The molecule has 204 valence electrons. The highest BCUT2D eigenvalue weighted by molar-refractivity contribution is 6.30. The average Bonchev–Trinajstić information content (AvgIpc) is 3.28. The van der Waals surface area contributed by atoms with Crippen LogP contribution < -0.4 is 9.64 Å². The van der Waals surface area contributed by atoms with Crippen molar-refractivity contribution in [2.45, 2.75) is 58.3 Å². The molecule has 2 aliphatic rings. The number of rotatable bonds is 5. The molecular weight excluding hydrogens is 510 g/mol. The molecule has 0 N–H and O–H groups in total. The number of carbonyl (C=O) groups excluding carboxylic acids is 2. The van der Waals surface area contributed by atoms with Gasteiger partial charge in [-0.25, -0.2) is 0 Å². The number of amides is 2. The molecule has 0 aliphatic carbocycles. The Morgan fingerprint density at radius 2 is 1.64 bits per heavy atom. The summed E-state index contributed by atoms with van der Waals surface area (Å²) in [5.74, 6) is 0.676. The number of carbonyl (C=O) groups is 2. The molecule has 0 unspecified atom stereocenters. The maximum absolute atomic E-state index is 13.7. The minimum atomic E-state index is -0.0587. The molecule has 2 amide bonds. The van der Waals surface area contributed by atoms with Gasteiger partial charge in [0.05, 0.1) is 0 Å². The summed E-state index contributed by atoms with van der Waals surface area (Å²) in [5.41, 5.74) is 4.04. The van der Waals surface area contributed by atoms with Crippen LogP contribution in [0.3, 0.4) is 0 Å². The van der Waals surface area contributed by atoms with Crippen LogP contribution in [0.1, 0.15) is 42.9 Å². The van der Waals surface area contributed by atoms with Crippen LogP contribution in [-0.4, -0.2) is 53.4 Å². The van der Waals surface area contributed by atoms with Gasteiger partial charge >= 0.3 is 0 Å². The van der Waals surface area contributed by atoms with E-state index in [2.05, 4.69) is 17.0 Å². The number of aryl methyl sites for hydroxylation is 1. The van der Waals surface area contributed by atoms with Gasteiger partial charge in [0.2, 0.25) is 5.91 Å². The summed E-state index contributed by atoms with van der Waals surface area (Å²) in [6, 6.07) is 24.2. The summed E-state index contributed by atoms with van der Waals surface area (Å²) in [6.45, 7) is 6.02. The van der Waals surface area contributed by atoms with Crippen LogP contribution >= 0.6 is 11.6 Å². The van der Waals surface area contributed by atoms with Crippen molar-refractivity contribution in [3.63, 3.8) is 0 Å². The zero-order valence-electron chi connectivity index (χ0n) is 22.7. The third-order valence-electron chi connectivity index (χ3n) is 7.99. The number of ether oxygens (including phenoxy) is 1. The average molecular weight is 546 g/mol. The van der Waals surface area contributed by atoms with Gasteiger partial charge in [0.15, 0.2) is 6.61 Å². The van der Waals surface area contributed by atoms with Crippen LogP contribution in [0.5, 0.6) is 5.75 Å². The van der Waals surface area contributed by atoms with Gasteiger partial charge in [-0.1, -0.05) is 60.1 Å². The molecule has 2 bridgehead atoms. The van der Waals surface area contributed by atoms with Crippen molar-refractivity contribution in [3.05, 3.63) is 94.5 Å². The molecule has 1 fully saturated rings. The molecule has 6 nitrogen and oxygen atoms in total. The first-order valence-electron chi connectivity index (χ1n) is 13.7. The van der Waals surface area contributed by atoms with Crippen LogP contribution in [0.2, 0.25) is 5.02 Å². The summed E-state index contributed by atoms with van der Waals surface area (Å²) in [5, 5.41) is 0.722. The number of anilines is 1. The predicted molar refractivity (Wildman–Crippen MR) is 155 cm³/mol. The number of nitrogens with zero attached hydrogens (tertiary/aromatic N) is 3. The lowest BCUT2D eigenvalue weighted by molar-refractivity contribution is -0.134. The Morgan fingerprint density at radius 3 is 2.41 bits per heavy atom. The minimum Gasteiger partial charge on any atom is -0.484 e. The van der Waals surface area contributed by atoms with E-state index in [0.29, 0.717) is 25.7 Å². The van der Waals surface area contributed by atoms with Crippen LogP contribution in [-0.2, 0) is 22.7 Å². The second-order valence-electron chi connectivity index (χ2n) is 10.6. The lowest BCUT2D eigenvalue weighted by atomic mass is 10.1. The molecule has 2 aliphatic heterocycles. The zero-order chi connectivity index (χ0) is 27.4. The fraction of sp³-hybridized carbons (Fsp3) is 0.375. The van der Waals surface area contributed by atoms with E-state index in [9.17, 15) is 9.59 Å². The van der Waals surface area contributed by atoms with Gasteiger partial charge in [-0.2, -0.15) is 0 Å². The monoisotopic (exact) mass is 545 g/mol. The van der Waals surface area contributed by atoms with E-state index < -0.39 is 0 Å². The number of para-hydroxylation sites is 2. The second kappa shape index (κ2) is 12.2. The number of hydrogen-bond donors (Lipinski definition) is 0. The van der Waals surface area contributed by atoms with Gasteiger partial charge in [0.25, 0.3) is 5.91 Å². The zero-order valence-corrected chi connectivity index (χ0v) is 23.4. The number of halogens is 1. The van der Waals surface area contributed by atoms with Crippen molar-refractivity contribution in [3.8, 4) is 5.75 Å². The SMILES string of the molecule is CC(=O)N1CC[C@H]2CC[C@@H](CN(C(=O)COc3ccccc3C)Cc3ccccc31)N2Cc1ccc(Cl)cc1. The molecule has 3 aromatic rings. The van der Waals surface area contributed by atoms with Crippen LogP contribution in [0.4, 0.5) is 5.69 Å². The highest BCUT2D eigenvalue weighted by atomic mass is 35.5. The van der Waals surface area contributed by atoms with E-state index in [4.69, 9.17) is 16.3 Å². The van der Waals surface area contributed by atoms with E-state index in [-0.39, 0.29) is 24.5 Å². The number of benzene rings is 3. The van der Waals surface area contributed by atoms with Gasteiger partial charge in [-0.15, -0.1) is 0 Å². The molecule has 0 radical (unpaired) electrons. The molecule has 5 rings (SSSR count). The molecule has 0 aromatic heterocycles. The maximum Gasteiger partial charge on any atom is 0.260 e. The van der Waals surface area contributed by atoms with Crippen molar-refractivity contribution < 1.29 is 14.3 Å². The Bertz CT molecular complexity index is 1310. The van der Waals surface area contributed by atoms with Crippen molar-refractivity contribution in [2.75, 3.05) is 24.6 Å². The number of hydrogen-bond acceptors (Lipinski definition) is 4. The second-order valence-corrected chi connectivity index (χ2v) is 11.0. The Kier molecular flexibility index (Phi) is 8.53. The summed E-state index contributed by atoms with van der Waals surface area (Å²) in [7, 11) is 0. The first-order valence-corrected chi connectivity index (χ1v) is 14.1. The molecule has 0 saturated carbocycles. The molecule has 2 heterocycles. The fourth-order valence-corrected chi connectivity index (χ4v) is 6.00. The molecule has 3 aromatic carbocycles. The highest BCUT2D eigenvalue weighted by Gasteiger charge is 2.36. The van der Waals surface area contributed by atoms with E-state index >= 15 is 0 Å². The largest absolute Gasteiger partial charge is 0.484 e. The van der Waals surface area contributed by atoms with Gasteiger partial charge in [-0.3, -0.25) is 14.5 Å². The van der Waals surface area contributed by atoms with E-state index in [1.165, 1.54) is 5.56 Å². The van der Waals surface area contributed by atoms with Gasteiger partial charge in [-0.05, 0) is 67.1 Å². The van der Waals surface area contributed by atoms with Gasteiger partial charge < -0.3 is 14.5 Å². The topological polar surface area (TPSA) is 53.1 Å². The summed E-state index contributed by atoms with van der Waals surface area (Å²) in [4.78, 5) is 32.9. The fourth-order valence-electron chi connectivity index (χ4n) is 5.88. The molecular formula is C32H36ClN3O3. The van der Waals surface area contributed by atoms with Crippen molar-refractivity contribution >= 4 is 29.1 Å². The minimum absolute atomic E-state index is 0.0151. The van der Waals surface area contributed by atoms with Crippen molar-refractivity contribution in [2.24, 2.45) is 0 Å². The van der Waals surface area contributed by atoms with Crippen molar-refractivity contribution in [1.82, 2.24) is 9.80 Å². The summed E-state index contributed by atoms with van der Waals surface area (Å²) < 4.78 is 5.98. The standard InChI is InChI=1S/C32H36ClN3O3/c1-23-7-3-6-10-31(23)39-22-32(38)34-20-26-8-4-5-9-30(26)35(24(2)37)18-17-28-15-16-29(21-34)36(28)19-25-11-13-27(33)14-12-25/h3-14,28-29H,15-22H2,1-2H3/t28-,29+/m1/s1. The first-order chi connectivity index (χ1) is 18.9. The molecule has 39 heavy (non-hydrogen) atoms. The van der Waals surface area contributed by atoms with Gasteiger partial charge in [0, 0.05) is 55.9 Å². The maximum atomic E-state index is 13.7. The predicted octanol–water partition coefficient (Wildman–Crippen LogP) is 5.85. The highest BCUT2D eigenvalue weighted by Crippen LogP contribution is 2.33. The molecule has 1 saturated heterocycles. The Labute approximate surface area is 236 Å². The van der Waals surface area contributed by atoms with Crippen LogP contribution in [0.25, 0.3) is 0 Å². The third-order valence-corrected chi connectivity index (χ3v) is 8.24. The first kappa shape index (κ1) is 27.2. The lowest BCUT2D eigenvalue weighted by Gasteiger charge is -2.34. The molecule has 0 spiro atoms. The Morgan fingerprint density at radius 1 is 0.923 bits per heavy atom. The van der Waals surface area contributed by atoms with E-state index in [0.717, 1.165) is 53.4 Å². The normalized spacial score (nSPS) is 19.8. The lowest BCUT2D eigenvalue weighted by Crippen LogP contribution is -2.46. The number of fused-ring (bicyclic) bond motifs is 3. The van der Waals surface area contributed by atoms with E-state index in [1.807, 2.05) is 77.4 Å². The smallest absolute Gasteiger partial charge is 0.260 e. The Hall–Kier alpha value is -3.35. The van der Waals surface area contributed by atoms with Gasteiger partial charge in [0.1, 0.15) is 5.75 Å². The van der Waals surface area contributed by atoms with Crippen LogP contribution in [0.15, 0.2) is 72.8 Å². The Balaban J connectivity index is 1.45. The van der Waals surface area contributed by atoms with Crippen molar-refractivity contribution in [1.29, 1.82) is 0 Å². The quantitative estimate of drug-likeness (QED) is 0.404. The molecule has 7 heteroatoms. The third kappa shape index (κ3) is 6.45. The summed E-state index contributed by atoms with van der Waals surface area (Å²) >= 11 is 6.15.